The molecular formula is C26H30N4O3. The summed E-state index contributed by atoms with van der Waals surface area (Å²) in [5.74, 6) is 0.170. The van der Waals surface area contributed by atoms with Crippen LogP contribution >= 0.6 is 0 Å². The Labute approximate surface area is 193 Å². The Hall–Kier alpha value is -3.48. The van der Waals surface area contributed by atoms with E-state index in [-0.39, 0.29) is 23.4 Å². The van der Waals surface area contributed by atoms with Crippen LogP contribution in [0.4, 0.5) is 0 Å². The Morgan fingerprint density at radius 1 is 0.970 bits per heavy atom. The standard InChI is InChI=1S/C26H30N4O3/c31-24(13-12-20-7-2-1-3-8-20)28-21-14-17-29(18-15-21)25(32)11-6-16-30-19-27-23-10-5-4-9-22(23)26(30)33/h1-5,7-10,19,21H,6,11-18H2,(H,28,31). The number of benzene rings is 2. The number of aromatic nitrogens is 2. The molecule has 33 heavy (non-hydrogen) atoms. The second kappa shape index (κ2) is 10.9. The lowest BCUT2D eigenvalue weighted by atomic mass is 10.0. The van der Waals surface area contributed by atoms with Crippen molar-refractivity contribution in [3.63, 3.8) is 0 Å². The molecule has 3 aromatic rings. The summed E-state index contributed by atoms with van der Waals surface area (Å²) in [4.78, 5) is 43.6. The van der Waals surface area contributed by atoms with Gasteiger partial charge in [-0.15, -0.1) is 0 Å². The van der Waals surface area contributed by atoms with E-state index >= 15 is 0 Å². The number of piperidine rings is 1. The van der Waals surface area contributed by atoms with Crippen LogP contribution in [0.15, 0.2) is 65.7 Å². The van der Waals surface area contributed by atoms with Crippen LogP contribution in [0, 0.1) is 0 Å². The van der Waals surface area contributed by atoms with Crippen molar-refractivity contribution < 1.29 is 9.59 Å². The van der Waals surface area contributed by atoms with Gasteiger partial charge in [-0.2, -0.15) is 0 Å². The van der Waals surface area contributed by atoms with E-state index in [1.54, 1.807) is 17.0 Å². The molecule has 0 radical (unpaired) electrons. The van der Waals surface area contributed by atoms with E-state index < -0.39 is 0 Å². The third-order valence-electron chi connectivity index (χ3n) is 6.22. The molecule has 2 aromatic carbocycles. The fourth-order valence-electron chi connectivity index (χ4n) is 4.30. The number of hydrogen-bond acceptors (Lipinski definition) is 4. The molecule has 1 aliphatic rings. The largest absolute Gasteiger partial charge is 0.353 e. The zero-order valence-corrected chi connectivity index (χ0v) is 18.8. The van der Waals surface area contributed by atoms with Gasteiger partial charge in [0.2, 0.25) is 11.8 Å². The predicted octanol–water partition coefficient (Wildman–Crippen LogP) is 2.92. The Balaban J connectivity index is 1.17. The molecule has 172 valence electrons. The average molecular weight is 447 g/mol. The minimum Gasteiger partial charge on any atom is -0.353 e. The minimum absolute atomic E-state index is 0.0677. The summed E-state index contributed by atoms with van der Waals surface area (Å²) < 4.78 is 1.58. The molecule has 7 nitrogen and oxygen atoms in total. The molecule has 1 aliphatic heterocycles. The first kappa shape index (κ1) is 22.7. The number of nitrogens with zero attached hydrogens (tertiary/aromatic N) is 3. The predicted molar refractivity (Wildman–Crippen MR) is 128 cm³/mol. The van der Waals surface area contributed by atoms with E-state index in [1.807, 2.05) is 53.4 Å². The summed E-state index contributed by atoms with van der Waals surface area (Å²) in [7, 11) is 0. The molecule has 0 saturated carbocycles. The van der Waals surface area contributed by atoms with Crippen molar-refractivity contribution in [1.29, 1.82) is 0 Å². The van der Waals surface area contributed by atoms with Crippen LogP contribution in [-0.2, 0) is 22.6 Å². The normalized spacial score (nSPS) is 14.4. The van der Waals surface area contributed by atoms with Crippen LogP contribution in [-0.4, -0.2) is 45.4 Å². The average Bonchev–Trinajstić information content (AvgIpc) is 2.85. The topological polar surface area (TPSA) is 84.3 Å². The lowest BCUT2D eigenvalue weighted by molar-refractivity contribution is -0.132. The van der Waals surface area contributed by atoms with Crippen molar-refractivity contribution in [2.24, 2.45) is 0 Å². The SMILES string of the molecule is O=C(CCc1ccccc1)NC1CCN(C(=O)CCCn2cnc3ccccc3c2=O)CC1. The van der Waals surface area contributed by atoms with Crippen LogP contribution in [0.3, 0.4) is 0 Å². The van der Waals surface area contributed by atoms with Crippen LogP contribution in [0.25, 0.3) is 10.9 Å². The van der Waals surface area contributed by atoms with Crippen LogP contribution in [0.1, 0.15) is 37.7 Å². The second-order valence-corrected chi connectivity index (χ2v) is 8.57. The molecular weight excluding hydrogens is 416 g/mol. The summed E-state index contributed by atoms with van der Waals surface area (Å²) in [5, 5.41) is 3.71. The van der Waals surface area contributed by atoms with E-state index in [4.69, 9.17) is 0 Å². The second-order valence-electron chi connectivity index (χ2n) is 8.57. The fraction of sp³-hybridized carbons (Fsp3) is 0.385. The van der Waals surface area contributed by atoms with E-state index in [9.17, 15) is 14.4 Å². The summed E-state index contributed by atoms with van der Waals surface area (Å²) >= 11 is 0. The van der Waals surface area contributed by atoms with Crippen LogP contribution < -0.4 is 10.9 Å². The number of para-hydroxylation sites is 1. The first-order valence-electron chi connectivity index (χ1n) is 11.7. The molecule has 1 fully saturated rings. The Bertz CT molecular complexity index is 1150. The number of likely N-dealkylation sites (tertiary alicyclic amines) is 1. The van der Waals surface area contributed by atoms with Crippen LogP contribution in [0.5, 0.6) is 0 Å². The van der Waals surface area contributed by atoms with E-state index in [1.165, 1.54) is 0 Å². The highest BCUT2D eigenvalue weighted by Gasteiger charge is 2.23. The Morgan fingerprint density at radius 3 is 2.48 bits per heavy atom. The number of rotatable bonds is 8. The molecule has 0 aliphatic carbocycles. The molecule has 0 atom stereocenters. The molecule has 2 amide bonds. The zero-order chi connectivity index (χ0) is 23.0. The minimum atomic E-state index is -0.0723. The fourth-order valence-corrected chi connectivity index (χ4v) is 4.30. The van der Waals surface area contributed by atoms with Gasteiger partial charge in [0.25, 0.3) is 5.56 Å². The Kier molecular flexibility index (Phi) is 7.50. The van der Waals surface area contributed by atoms with Crippen molar-refractivity contribution in [2.75, 3.05) is 13.1 Å². The smallest absolute Gasteiger partial charge is 0.261 e. The number of fused-ring (bicyclic) bond motifs is 1. The maximum Gasteiger partial charge on any atom is 0.261 e. The van der Waals surface area contributed by atoms with Gasteiger partial charge in [-0.3, -0.25) is 19.0 Å². The van der Waals surface area contributed by atoms with Crippen molar-refractivity contribution in [2.45, 2.75) is 51.1 Å². The van der Waals surface area contributed by atoms with E-state index in [0.29, 0.717) is 49.8 Å². The van der Waals surface area contributed by atoms with Gasteiger partial charge in [0.1, 0.15) is 0 Å². The van der Waals surface area contributed by atoms with E-state index in [2.05, 4.69) is 10.3 Å². The van der Waals surface area contributed by atoms with Crippen LogP contribution in [0.2, 0.25) is 0 Å². The highest BCUT2D eigenvalue weighted by Crippen LogP contribution is 2.13. The van der Waals surface area contributed by atoms with Gasteiger partial charge in [-0.05, 0) is 43.4 Å². The third kappa shape index (κ3) is 6.06. The van der Waals surface area contributed by atoms with Gasteiger partial charge in [0, 0.05) is 38.5 Å². The summed E-state index contributed by atoms with van der Waals surface area (Å²) in [5.41, 5.74) is 1.77. The number of nitrogens with one attached hydrogen (secondary N) is 1. The highest BCUT2D eigenvalue weighted by atomic mass is 16.2. The number of carbonyl (C=O) groups excluding carboxylic acids is 2. The molecule has 4 rings (SSSR count). The number of carbonyl (C=O) groups is 2. The van der Waals surface area contributed by atoms with Crippen molar-refractivity contribution in [1.82, 2.24) is 19.8 Å². The van der Waals surface area contributed by atoms with Gasteiger partial charge in [-0.25, -0.2) is 4.98 Å². The summed E-state index contributed by atoms with van der Waals surface area (Å²) in [6.45, 7) is 1.77. The molecule has 0 spiro atoms. The third-order valence-corrected chi connectivity index (χ3v) is 6.22. The van der Waals surface area contributed by atoms with Crippen molar-refractivity contribution in [3.8, 4) is 0 Å². The lowest BCUT2D eigenvalue weighted by Gasteiger charge is -2.32. The van der Waals surface area contributed by atoms with E-state index in [0.717, 1.165) is 24.8 Å². The molecule has 1 saturated heterocycles. The first-order valence-corrected chi connectivity index (χ1v) is 11.7. The number of amides is 2. The van der Waals surface area contributed by atoms with Crippen molar-refractivity contribution in [3.05, 3.63) is 76.8 Å². The van der Waals surface area contributed by atoms with Gasteiger partial charge >= 0.3 is 0 Å². The monoisotopic (exact) mass is 446 g/mol. The summed E-state index contributed by atoms with van der Waals surface area (Å²) in [6, 6.07) is 17.4. The molecule has 0 bridgehead atoms. The number of aryl methyl sites for hydroxylation is 2. The Morgan fingerprint density at radius 2 is 1.70 bits per heavy atom. The van der Waals surface area contributed by atoms with Gasteiger partial charge in [0.05, 0.1) is 17.2 Å². The maximum absolute atomic E-state index is 12.6. The zero-order valence-electron chi connectivity index (χ0n) is 18.8. The number of hydrogen-bond donors (Lipinski definition) is 1. The first-order chi connectivity index (χ1) is 16.1. The quantitative estimate of drug-likeness (QED) is 0.577. The van der Waals surface area contributed by atoms with Gasteiger partial charge in [-0.1, -0.05) is 42.5 Å². The molecule has 2 heterocycles. The highest BCUT2D eigenvalue weighted by molar-refractivity contribution is 5.78. The molecule has 0 unspecified atom stereocenters. The maximum atomic E-state index is 12.6. The molecule has 1 aromatic heterocycles. The summed E-state index contributed by atoms with van der Waals surface area (Å²) in [6.07, 6.45) is 5.31. The lowest BCUT2D eigenvalue weighted by Crippen LogP contribution is -2.46. The van der Waals surface area contributed by atoms with Gasteiger partial charge < -0.3 is 10.2 Å². The van der Waals surface area contributed by atoms with Crippen molar-refractivity contribution >= 4 is 22.7 Å². The molecule has 1 N–H and O–H groups in total. The molecule has 7 heteroatoms. The van der Waals surface area contributed by atoms with Gasteiger partial charge in [0.15, 0.2) is 0 Å².